The monoisotopic (exact) mass is 316 g/mol. The molecule has 2 N–H and O–H groups in total. The maximum atomic E-state index is 12.5. The van der Waals surface area contributed by atoms with E-state index in [1.165, 1.54) is 12.8 Å². The molecular formula is C16H17ClN4O. The number of hydrogen-bond acceptors (Lipinski definition) is 3. The molecule has 1 fully saturated rings. The van der Waals surface area contributed by atoms with Crippen molar-refractivity contribution in [3.63, 3.8) is 0 Å². The molecule has 0 radical (unpaired) electrons. The van der Waals surface area contributed by atoms with Gasteiger partial charge in [-0.2, -0.15) is 0 Å². The van der Waals surface area contributed by atoms with Crippen LogP contribution in [-0.2, 0) is 13.1 Å². The van der Waals surface area contributed by atoms with Gasteiger partial charge in [0.1, 0.15) is 11.5 Å². The second-order valence-electron chi connectivity index (χ2n) is 5.93. The molecule has 2 aromatic rings. The molecule has 1 saturated carbocycles. The van der Waals surface area contributed by atoms with Crippen LogP contribution >= 0.6 is 11.6 Å². The van der Waals surface area contributed by atoms with Gasteiger partial charge in [-0.05, 0) is 30.9 Å². The van der Waals surface area contributed by atoms with Crippen molar-refractivity contribution in [2.45, 2.75) is 32.0 Å². The van der Waals surface area contributed by atoms with Crippen molar-refractivity contribution in [2.24, 2.45) is 5.92 Å². The van der Waals surface area contributed by atoms with Crippen molar-refractivity contribution in [1.82, 2.24) is 14.9 Å². The lowest BCUT2D eigenvalue weighted by Gasteiger charge is -2.26. The van der Waals surface area contributed by atoms with Gasteiger partial charge in [0.05, 0.1) is 23.5 Å². The van der Waals surface area contributed by atoms with Gasteiger partial charge < -0.3 is 15.2 Å². The Labute approximate surface area is 133 Å². The Kier molecular flexibility index (Phi) is 3.39. The van der Waals surface area contributed by atoms with Crippen LogP contribution in [0.3, 0.4) is 0 Å². The number of aromatic nitrogens is 2. The number of nitrogens with zero attached hydrogens (tertiary/aromatic N) is 2. The normalized spacial score (nSPS) is 20.5. The zero-order valence-corrected chi connectivity index (χ0v) is 12.8. The number of hydrogen-bond donors (Lipinski definition) is 2. The Hall–Kier alpha value is -1.85. The summed E-state index contributed by atoms with van der Waals surface area (Å²) in [6.45, 7) is 1.53. The first-order chi connectivity index (χ1) is 10.7. The molecule has 0 spiro atoms. The van der Waals surface area contributed by atoms with E-state index in [0.717, 1.165) is 24.8 Å². The average molecular weight is 317 g/mol. The highest BCUT2D eigenvalue weighted by molar-refractivity contribution is 6.33. The van der Waals surface area contributed by atoms with E-state index in [0.29, 0.717) is 22.4 Å². The predicted octanol–water partition coefficient (Wildman–Crippen LogP) is 2.67. The number of anilines is 1. The van der Waals surface area contributed by atoms with Gasteiger partial charge in [-0.1, -0.05) is 23.7 Å². The summed E-state index contributed by atoms with van der Waals surface area (Å²) < 4.78 is 2.03. The minimum absolute atomic E-state index is 0.164. The summed E-state index contributed by atoms with van der Waals surface area (Å²) in [6.07, 6.45) is 4.21. The molecule has 2 aliphatic rings. The predicted molar refractivity (Wildman–Crippen MR) is 85.0 cm³/mol. The lowest BCUT2D eigenvalue weighted by Crippen LogP contribution is -2.41. The molecule has 0 saturated heterocycles. The minimum atomic E-state index is -0.164. The molecule has 22 heavy (non-hydrogen) atoms. The highest BCUT2D eigenvalue weighted by Gasteiger charge is 2.35. The lowest BCUT2D eigenvalue weighted by molar-refractivity contribution is 0.101. The fourth-order valence-electron chi connectivity index (χ4n) is 2.99. The molecule has 0 bridgehead atoms. The van der Waals surface area contributed by atoms with E-state index in [-0.39, 0.29) is 5.91 Å². The maximum absolute atomic E-state index is 12.5. The van der Waals surface area contributed by atoms with Crippen LogP contribution in [0.4, 0.5) is 5.69 Å². The minimum Gasteiger partial charge on any atom is -0.321 e. The summed E-state index contributed by atoms with van der Waals surface area (Å²) in [5.41, 5.74) is 1.22. The standard InChI is InChI=1S/C16H17ClN4O/c17-11-3-1-2-4-12(11)20-16(22)14-7-19-15-8-18-13(9-21(14)15)10-5-6-10/h1-4,7,10,13,18H,5-6,8-9H2,(H,20,22)/t13-/m1/s1. The summed E-state index contributed by atoms with van der Waals surface area (Å²) in [5, 5.41) is 6.92. The van der Waals surface area contributed by atoms with Crippen LogP contribution in [0.15, 0.2) is 30.5 Å². The smallest absolute Gasteiger partial charge is 0.273 e. The van der Waals surface area contributed by atoms with E-state index in [4.69, 9.17) is 11.6 Å². The van der Waals surface area contributed by atoms with Crippen LogP contribution in [0.1, 0.15) is 29.2 Å². The number of imidazole rings is 1. The quantitative estimate of drug-likeness (QED) is 0.915. The third kappa shape index (κ3) is 2.51. The molecule has 5 nitrogen and oxygen atoms in total. The van der Waals surface area contributed by atoms with Crippen LogP contribution in [0.2, 0.25) is 5.02 Å². The zero-order valence-electron chi connectivity index (χ0n) is 12.1. The van der Waals surface area contributed by atoms with Gasteiger partial charge in [0, 0.05) is 12.6 Å². The van der Waals surface area contributed by atoms with Crippen LogP contribution < -0.4 is 10.6 Å². The Balaban J connectivity index is 1.57. The third-order valence-corrected chi connectivity index (χ3v) is 4.72. The molecule has 2 heterocycles. The molecule has 1 aliphatic carbocycles. The lowest BCUT2D eigenvalue weighted by atomic mass is 10.1. The number of rotatable bonds is 3. The van der Waals surface area contributed by atoms with Gasteiger partial charge >= 0.3 is 0 Å². The van der Waals surface area contributed by atoms with Gasteiger partial charge in [-0.15, -0.1) is 0 Å². The Morgan fingerprint density at radius 1 is 1.36 bits per heavy atom. The number of carbonyl (C=O) groups excluding carboxylic acids is 1. The van der Waals surface area contributed by atoms with Crippen LogP contribution in [-0.4, -0.2) is 21.5 Å². The summed E-state index contributed by atoms with van der Waals surface area (Å²) in [4.78, 5) is 16.9. The fourth-order valence-corrected chi connectivity index (χ4v) is 3.17. The number of benzene rings is 1. The van der Waals surface area contributed by atoms with Crippen LogP contribution in [0.25, 0.3) is 0 Å². The van der Waals surface area contributed by atoms with Crippen molar-refractivity contribution in [3.05, 3.63) is 47.0 Å². The second kappa shape index (κ2) is 5.41. The number of nitrogens with one attached hydrogen (secondary N) is 2. The second-order valence-corrected chi connectivity index (χ2v) is 6.34. The van der Waals surface area contributed by atoms with E-state index in [1.807, 2.05) is 16.7 Å². The number of fused-ring (bicyclic) bond motifs is 1. The Morgan fingerprint density at radius 3 is 2.95 bits per heavy atom. The van der Waals surface area contributed by atoms with Crippen LogP contribution in [0.5, 0.6) is 0 Å². The molecule has 1 amide bonds. The molecule has 1 aliphatic heterocycles. The summed E-state index contributed by atoms with van der Waals surface area (Å²) in [6, 6.07) is 7.69. The molecule has 1 aromatic heterocycles. The third-order valence-electron chi connectivity index (χ3n) is 4.39. The van der Waals surface area contributed by atoms with Gasteiger partial charge in [0.25, 0.3) is 5.91 Å². The van der Waals surface area contributed by atoms with Crippen molar-refractivity contribution < 1.29 is 4.79 Å². The highest BCUT2D eigenvalue weighted by Crippen LogP contribution is 2.35. The van der Waals surface area contributed by atoms with Crippen molar-refractivity contribution in [1.29, 1.82) is 0 Å². The van der Waals surface area contributed by atoms with E-state index < -0.39 is 0 Å². The first-order valence-electron chi connectivity index (χ1n) is 7.56. The molecule has 1 aromatic carbocycles. The zero-order chi connectivity index (χ0) is 15.1. The van der Waals surface area contributed by atoms with Crippen LogP contribution in [0, 0.1) is 5.92 Å². The molecule has 4 rings (SSSR count). The molecule has 6 heteroatoms. The summed E-state index contributed by atoms with van der Waals surface area (Å²) in [5.74, 6) is 1.50. The van der Waals surface area contributed by atoms with Crippen molar-refractivity contribution in [3.8, 4) is 0 Å². The molecule has 1 atom stereocenters. The largest absolute Gasteiger partial charge is 0.321 e. The first-order valence-corrected chi connectivity index (χ1v) is 7.94. The average Bonchev–Trinajstić information content (AvgIpc) is 3.29. The van der Waals surface area contributed by atoms with Crippen molar-refractivity contribution >= 4 is 23.2 Å². The SMILES string of the molecule is O=C(Nc1ccccc1Cl)c1cnc2n1C[C@H](C1CC1)NC2. The maximum Gasteiger partial charge on any atom is 0.273 e. The van der Waals surface area contributed by atoms with E-state index in [1.54, 1.807) is 18.3 Å². The molecule has 114 valence electrons. The number of carbonyl (C=O) groups is 1. The van der Waals surface area contributed by atoms with E-state index in [9.17, 15) is 4.79 Å². The summed E-state index contributed by atoms with van der Waals surface area (Å²) in [7, 11) is 0. The number of para-hydroxylation sites is 1. The number of amides is 1. The van der Waals surface area contributed by atoms with Gasteiger partial charge in [0.15, 0.2) is 0 Å². The Bertz CT molecular complexity index is 723. The number of halogens is 1. The topological polar surface area (TPSA) is 59.0 Å². The fraction of sp³-hybridized carbons (Fsp3) is 0.375. The van der Waals surface area contributed by atoms with E-state index >= 15 is 0 Å². The Morgan fingerprint density at radius 2 is 2.18 bits per heavy atom. The first kappa shape index (κ1) is 13.8. The van der Waals surface area contributed by atoms with Gasteiger partial charge in [0.2, 0.25) is 0 Å². The molecule has 0 unspecified atom stereocenters. The molecular weight excluding hydrogens is 300 g/mol. The summed E-state index contributed by atoms with van der Waals surface area (Å²) >= 11 is 6.10. The van der Waals surface area contributed by atoms with Crippen molar-refractivity contribution in [2.75, 3.05) is 5.32 Å². The van der Waals surface area contributed by atoms with Gasteiger partial charge in [-0.3, -0.25) is 4.79 Å². The van der Waals surface area contributed by atoms with E-state index in [2.05, 4.69) is 15.6 Å². The van der Waals surface area contributed by atoms with Gasteiger partial charge in [-0.25, -0.2) is 4.98 Å². The highest BCUT2D eigenvalue weighted by atomic mass is 35.5.